The van der Waals surface area contributed by atoms with Crippen LogP contribution in [0.3, 0.4) is 0 Å². The summed E-state index contributed by atoms with van der Waals surface area (Å²) in [5.41, 5.74) is 7.22. The van der Waals surface area contributed by atoms with Crippen molar-refractivity contribution in [2.45, 2.75) is 19.8 Å². The topological polar surface area (TPSA) is 80.5 Å². The van der Waals surface area contributed by atoms with Crippen molar-refractivity contribution in [3.05, 3.63) is 40.8 Å². The van der Waals surface area contributed by atoms with Gasteiger partial charge in [-0.05, 0) is 31.4 Å². The Kier molecular flexibility index (Phi) is 4.80. The van der Waals surface area contributed by atoms with Crippen LogP contribution in [0.2, 0.25) is 0 Å². The van der Waals surface area contributed by atoms with Gasteiger partial charge in [0.25, 0.3) is 0 Å². The van der Waals surface area contributed by atoms with Crippen LogP contribution in [0.5, 0.6) is 0 Å². The van der Waals surface area contributed by atoms with E-state index < -0.39 is 15.9 Å². The lowest BCUT2D eigenvalue weighted by molar-refractivity contribution is -0.122. The van der Waals surface area contributed by atoms with Gasteiger partial charge in [-0.25, -0.2) is 8.42 Å². The Morgan fingerprint density at radius 3 is 2.62 bits per heavy atom. The van der Waals surface area contributed by atoms with Crippen molar-refractivity contribution in [2.75, 3.05) is 13.1 Å². The number of piperidine rings is 1. The summed E-state index contributed by atoms with van der Waals surface area (Å²) in [7, 11) is -3.51. The highest BCUT2D eigenvalue weighted by atomic mass is 32.2. The van der Waals surface area contributed by atoms with Gasteiger partial charge in [-0.2, -0.15) is 4.31 Å². The lowest BCUT2D eigenvalue weighted by Crippen LogP contribution is -2.43. The van der Waals surface area contributed by atoms with Crippen LogP contribution in [-0.4, -0.2) is 31.7 Å². The molecule has 6 heteroatoms. The summed E-state index contributed by atoms with van der Waals surface area (Å²) in [6.07, 6.45) is 2.89. The van der Waals surface area contributed by atoms with E-state index in [0.29, 0.717) is 19.4 Å². The predicted octanol–water partition coefficient (Wildman–Crippen LogP) is 1.49. The van der Waals surface area contributed by atoms with E-state index in [1.165, 1.54) is 9.71 Å². The van der Waals surface area contributed by atoms with E-state index >= 15 is 0 Å². The van der Waals surface area contributed by atoms with Crippen molar-refractivity contribution in [2.24, 2.45) is 11.7 Å². The maximum absolute atomic E-state index is 12.3. The monoisotopic (exact) mass is 308 g/mol. The summed E-state index contributed by atoms with van der Waals surface area (Å²) < 4.78 is 25.9. The zero-order valence-electron chi connectivity index (χ0n) is 12.0. The number of benzene rings is 1. The van der Waals surface area contributed by atoms with Gasteiger partial charge in [0, 0.05) is 18.5 Å². The second-order valence-electron chi connectivity index (χ2n) is 5.36. The molecule has 1 saturated heterocycles. The van der Waals surface area contributed by atoms with Crippen LogP contribution >= 0.6 is 0 Å². The Bertz CT molecular complexity index is 635. The van der Waals surface area contributed by atoms with Gasteiger partial charge < -0.3 is 5.73 Å². The van der Waals surface area contributed by atoms with Crippen LogP contribution in [0.4, 0.5) is 0 Å². The van der Waals surface area contributed by atoms with E-state index in [4.69, 9.17) is 5.73 Å². The van der Waals surface area contributed by atoms with Crippen LogP contribution in [0.15, 0.2) is 29.7 Å². The molecule has 0 aliphatic carbocycles. The summed E-state index contributed by atoms with van der Waals surface area (Å²) in [6, 6.07) is 7.58. The molecule has 1 aliphatic heterocycles. The van der Waals surface area contributed by atoms with Crippen LogP contribution in [0, 0.1) is 12.8 Å². The lowest BCUT2D eigenvalue weighted by atomic mass is 9.99. The number of nitrogens with zero attached hydrogens (tertiary/aromatic N) is 1. The van der Waals surface area contributed by atoms with Gasteiger partial charge in [0.05, 0.1) is 5.92 Å². The molecule has 2 rings (SSSR count). The third-order valence-electron chi connectivity index (χ3n) is 3.66. The first-order valence-corrected chi connectivity index (χ1v) is 8.43. The third-order valence-corrected chi connectivity index (χ3v) is 5.19. The fourth-order valence-electron chi connectivity index (χ4n) is 2.33. The molecular formula is C15H20N2O3S. The molecule has 0 radical (unpaired) electrons. The molecule has 0 saturated carbocycles. The Hall–Kier alpha value is -1.66. The first kappa shape index (κ1) is 15.7. The first-order valence-electron chi connectivity index (χ1n) is 6.93. The minimum atomic E-state index is -3.51. The number of primary amides is 1. The van der Waals surface area contributed by atoms with E-state index in [0.717, 1.165) is 11.1 Å². The summed E-state index contributed by atoms with van der Waals surface area (Å²) in [6.45, 7) is 2.59. The van der Waals surface area contributed by atoms with E-state index in [-0.39, 0.29) is 12.5 Å². The van der Waals surface area contributed by atoms with Crippen molar-refractivity contribution in [3.63, 3.8) is 0 Å². The number of nitrogens with two attached hydrogens (primary N) is 1. The van der Waals surface area contributed by atoms with E-state index in [2.05, 4.69) is 0 Å². The zero-order chi connectivity index (χ0) is 15.5. The van der Waals surface area contributed by atoms with Crippen molar-refractivity contribution < 1.29 is 13.2 Å². The van der Waals surface area contributed by atoms with Gasteiger partial charge >= 0.3 is 0 Å². The molecule has 5 nitrogen and oxygen atoms in total. The predicted molar refractivity (Wildman–Crippen MR) is 82.6 cm³/mol. The SMILES string of the molecule is Cc1ccc(/C=C/S(=O)(=O)N2CCCC(C(N)=O)C2)cc1. The van der Waals surface area contributed by atoms with E-state index in [1.54, 1.807) is 6.08 Å². The highest BCUT2D eigenvalue weighted by molar-refractivity contribution is 7.92. The fourth-order valence-corrected chi connectivity index (χ4v) is 3.61. The first-order chi connectivity index (χ1) is 9.88. The quantitative estimate of drug-likeness (QED) is 0.915. The highest BCUT2D eigenvalue weighted by Crippen LogP contribution is 2.20. The van der Waals surface area contributed by atoms with E-state index in [1.807, 2.05) is 31.2 Å². The lowest BCUT2D eigenvalue weighted by Gasteiger charge is -2.29. The molecular weight excluding hydrogens is 288 g/mol. The molecule has 114 valence electrons. The Morgan fingerprint density at radius 1 is 1.33 bits per heavy atom. The number of carbonyl (C=O) groups is 1. The maximum Gasteiger partial charge on any atom is 0.236 e. The molecule has 1 amide bonds. The maximum atomic E-state index is 12.3. The van der Waals surface area contributed by atoms with Crippen molar-refractivity contribution in [1.29, 1.82) is 0 Å². The molecule has 1 unspecified atom stereocenters. The molecule has 2 N–H and O–H groups in total. The van der Waals surface area contributed by atoms with Crippen molar-refractivity contribution in [3.8, 4) is 0 Å². The second-order valence-corrected chi connectivity index (χ2v) is 7.18. The molecule has 0 bridgehead atoms. The van der Waals surface area contributed by atoms with Gasteiger partial charge in [-0.1, -0.05) is 29.8 Å². The molecule has 1 fully saturated rings. The van der Waals surface area contributed by atoms with Gasteiger partial charge in [0.2, 0.25) is 15.9 Å². The van der Waals surface area contributed by atoms with Crippen LogP contribution in [-0.2, 0) is 14.8 Å². The Labute approximate surface area is 125 Å². The molecule has 0 aromatic heterocycles. The number of aryl methyl sites for hydroxylation is 1. The minimum absolute atomic E-state index is 0.176. The van der Waals surface area contributed by atoms with Crippen molar-refractivity contribution in [1.82, 2.24) is 4.31 Å². The summed E-state index contributed by atoms with van der Waals surface area (Å²) >= 11 is 0. The van der Waals surface area contributed by atoms with Gasteiger partial charge in [0.1, 0.15) is 0 Å². The van der Waals surface area contributed by atoms with Crippen molar-refractivity contribution >= 4 is 22.0 Å². The molecule has 1 aromatic rings. The molecule has 1 heterocycles. The summed E-state index contributed by atoms with van der Waals surface area (Å²) in [4.78, 5) is 11.2. The smallest absolute Gasteiger partial charge is 0.236 e. The zero-order valence-corrected chi connectivity index (χ0v) is 12.8. The largest absolute Gasteiger partial charge is 0.369 e. The second kappa shape index (κ2) is 6.41. The number of hydrogen-bond donors (Lipinski definition) is 1. The van der Waals surface area contributed by atoms with Gasteiger partial charge in [0.15, 0.2) is 0 Å². The third kappa shape index (κ3) is 4.15. The number of hydrogen-bond acceptors (Lipinski definition) is 3. The van der Waals surface area contributed by atoms with Gasteiger partial charge in [-0.3, -0.25) is 4.79 Å². The van der Waals surface area contributed by atoms with Crippen LogP contribution < -0.4 is 5.73 Å². The average molecular weight is 308 g/mol. The normalized spacial score (nSPS) is 20.7. The van der Waals surface area contributed by atoms with Gasteiger partial charge in [-0.15, -0.1) is 0 Å². The number of sulfonamides is 1. The molecule has 1 atom stereocenters. The summed E-state index contributed by atoms with van der Waals surface area (Å²) in [5, 5.41) is 1.20. The Morgan fingerprint density at radius 2 is 2.00 bits per heavy atom. The van der Waals surface area contributed by atoms with Crippen LogP contribution in [0.1, 0.15) is 24.0 Å². The average Bonchev–Trinajstić information content (AvgIpc) is 2.47. The molecule has 1 aromatic carbocycles. The van der Waals surface area contributed by atoms with E-state index in [9.17, 15) is 13.2 Å². The fraction of sp³-hybridized carbons (Fsp3) is 0.400. The van der Waals surface area contributed by atoms with Crippen LogP contribution in [0.25, 0.3) is 6.08 Å². The molecule has 1 aliphatic rings. The number of rotatable bonds is 4. The standard InChI is InChI=1S/C15H20N2O3S/c1-12-4-6-13(7-5-12)8-10-21(19,20)17-9-2-3-14(11-17)15(16)18/h4-8,10,14H,2-3,9,11H2,1H3,(H2,16,18)/b10-8+. The minimum Gasteiger partial charge on any atom is -0.369 e. The molecule has 0 spiro atoms. The Balaban J connectivity index is 2.10. The number of amides is 1. The molecule has 21 heavy (non-hydrogen) atoms. The summed E-state index contributed by atoms with van der Waals surface area (Å²) in [5.74, 6) is -0.821. The highest BCUT2D eigenvalue weighted by Gasteiger charge is 2.29. The number of carbonyl (C=O) groups excluding carboxylic acids is 1.